The maximum Gasteiger partial charge on any atom is 0.316 e. The standard InChI is InChI=1S/C13H21NO3/c1-9-5-7-14(8-6-9)11(15)10(12(16)17)13(2,3)4/h5,10H,6-8H2,1-4H3,(H,16,17). The molecule has 96 valence electrons. The molecule has 0 aromatic rings. The van der Waals surface area contributed by atoms with Gasteiger partial charge in [0.25, 0.3) is 0 Å². The molecule has 1 heterocycles. The quantitative estimate of drug-likeness (QED) is 0.591. The van der Waals surface area contributed by atoms with Crippen LogP contribution in [-0.2, 0) is 9.59 Å². The Bertz CT molecular complexity index is 352. The van der Waals surface area contributed by atoms with E-state index >= 15 is 0 Å². The zero-order valence-electron chi connectivity index (χ0n) is 11.0. The van der Waals surface area contributed by atoms with Crippen molar-refractivity contribution in [3.05, 3.63) is 11.6 Å². The maximum atomic E-state index is 12.2. The number of amides is 1. The fourth-order valence-electron chi connectivity index (χ4n) is 2.00. The third kappa shape index (κ3) is 3.32. The second-order valence-corrected chi connectivity index (χ2v) is 5.72. The first-order valence-electron chi connectivity index (χ1n) is 5.90. The van der Waals surface area contributed by atoms with E-state index in [1.165, 1.54) is 5.57 Å². The Labute approximate surface area is 102 Å². The highest BCUT2D eigenvalue weighted by atomic mass is 16.4. The minimum absolute atomic E-state index is 0.270. The SMILES string of the molecule is CC1=CCN(C(=O)C(C(=O)O)C(C)(C)C)CC1. The van der Waals surface area contributed by atoms with Gasteiger partial charge in [0.15, 0.2) is 0 Å². The zero-order chi connectivity index (χ0) is 13.2. The van der Waals surface area contributed by atoms with E-state index < -0.39 is 17.3 Å². The fraction of sp³-hybridized carbons (Fsp3) is 0.692. The molecule has 1 atom stereocenters. The molecule has 0 radical (unpaired) electrons. The Morgan fingerprint density at radius 3 is 2.35 bits per heavy atom. The predicted molar refractivity (Wildman–Crippen MR) is 65.5 cm³/mol. The van der Waals surface area contributed by atoms with Gasteiger partial charge in [0.2, 0.25) is 5.91 Å². The summed E-state index contributed by atoms with van der Waals surface area (Å²) in [5, 5.41) is 9.20. The van der Waals surface area contributed by atoms with E-state index in [9.17, 15) is 14.7 Å². The summed E-state index contributed by atoms with van der Waals surface area (Å²) in [6, 6.07) is 0. The largest absolute Gasteiger partial charge is 0.481 e. The van der Waals surface area contributed by atoms with Gasteiger partial charge in [-0.15, -0.1) is 0 Å². The Balaban J connectivity index is 2.84. The van der Waals surface area contributed by atoms with Crippen LogP contribution in [0.15, 0.2) is 11.6 Å². The summed E-state index contributed by atoms with van der Waals surface area (Å²) in [6.45, 7) is 8.55. The number of aliphatic carboxylic acids is 1. The molecule has 1 aliphatic rings. The van der Waals surface area contributed by atoms with E-state index in [4.69, 9.17) is 0 Å². The molecule has 0 bridgehead atoms. The summed E-state index contributed by atoms with van der Waals surface area (Å²) in [6.07, 6.45) is 2.82. The summed E-state index contributed by atoms with van der Waals surface area (Å²) in [4.78, 5) is 25.1. The van der Waals surface area contributed by atoms with Crippen molar-refractivity contribution in [3.63, 3.8) is 0 Å². The first kappa shape index (κ1) is 13.7. The average molecular weight is 239 g/mol. The van der Waals surface area contributed by atoms with Crippen LogP contribution in [0.25, 0.3) is 0 Å². The van der Waals surface area contributed by atoms with Crippen molar-refractivity contribution in [2.75, 3.05) is 13.1 Å². The molecule has 1 N–H and O–H groups in total. The molecule has 0 aliphatic carbocycles. The van der Waals surface area contributed by atoms with Gasteiger partial charge in [-0.2, -0.15) is 0 Å². The molecule has 0 saturated heterocycles. The summed E-state index contributed by atoms with van der Waals surface area (Å²) in [7, 11) is 0. The van der Waals surface area contributed by atoms with Gasteiger partial charge in [-0.05, 0) is 18.8 Å². The smallest absolute Gasteiger partial charge is 0.316 e. The molecule has 4 heteroatoms. The molecule has 0 fully saturated rings. The van der Waals surface area contributed by atoms with Crippen molar-refractivity contribution in [3.8, 4) is 0 Å². The number of hydrogen-bond donors (Lipinski definition) is 1. The first-order valence-corrected chi connectivity index (χ1v) is 5.90. The molecule has 0 aromatic heterocycles. The fourth-order valence-corrected chi connectivity index (χ4v) is 2.00. The van der Waals surface area contributed by atoms with E-state index in [-0.39, 0.29) is 5.91 Å². The van der Waals surface area contributed by atoms with E-state index in [0.717, 1.165) is 6.42 Å². The van der Waals surface area contributed by atoms with Gasteiger partial charge in [0, 0.05) is 13.1 Å². The van der Waals surface area contributed by atoms with Crippen LogP contribution < -0.4 is 0 Å². The molecule has 17 heavy (non-hydrogen) atoms. The minimum atomic E-state index is -1.03. The van der Waals surface area contributed by atoms with Gasteiger partial charge in [-0.3, -0.25) is 9.59 Å². The van der Waals surface area contributed by atoms with Crippen molar-refractivity contribution < 1.29 is 14.7 Å². The lowest BCUT2D eigenvalue weighted by Gasteiger charge is -2.33. The summed E-state index contributed by atoms with van der Waals surface area (Å²) in [5.74, 6) is -2.27. The van der Waals surface area contributed by atoms with Crippen LogP contribution >= 0.6 is 0 Å². The Hall–Kier alpha value is -1.32. The second-order valence-electron chi connectivity index (χ2n) is 5.72. The molecule has 4 nitrogen and oxygen atoms in total. The number of carboxylic acid groups (broad SMARTS) is 1. The highest BCUT2D eigenvalue weighted by Crippen LogP contribution is 2.28. The van der Waals surface area contributed by atoms with Gasteiger partial charge in [0.05, 0.1) is 0 Å². The number of rotatable bonds is 2. The molecule has 1 rings (SSSR count). The lowest BCUT2D eigenvalue weighted by atomic mass is 9.79. The van der Waals surface area contributed by atoms with E-state index in [2.05, 4.69) is 0 Å². The van der Waals surface area contributed by atoms with E-state index in [0.29, 0.717) is 13.1 Å². The number of hydrogen-bond acceptors (Lipinski definition) is 2. The second kappa shape index (κ2) is 4.90. The van der Waals surface area contributed by atoms with Crippen LogP contribution in [0.1, 0.15) is 34.1 Å². The third-order valence-electron chi connectivity index (χ3n) is 3.11. The Morgan fingerprint density at radius 2 is 2.00 bits per heavy atom. The van der Waals surface area contributed by atoms with Crippen LogP contribution in [0.2, 0.25) is 0 Å². The molecular formula is C13H21NO3. The third-order valence-corrected chi connectivity index (χ3v) is 3.11. The lowest BCUT2D eigenvalue weighted by molar-refractivity contribution is -0.156. The molecule has 0 aromatic carbocycles. The Morgan fingerprint density at radius 1 is 1.41 bits per heavy atom. The zero-order valence-corrected chi connectivity index (χ0v) is 11.0. The van der Waals surface area contributed by atoms with Gasteiger partial charge in [-0.1, -0.05) is 32.4 Å². The highest BCUT2D eigenvalue weighted by Gasteiger charge is 2.40. The topological polar surface area (TPSA) is 57.6 Å². The van der Waals surface area contributed by atoms with Crippen LogP contribution in [0, 0.1) is 11.3 Å². The molecular weight excluding hydrogens is 218 g/mol. The van der Waals surface area contributed by atoms with Crippen molar-refractivity contribution in [2.24, 2.45) is 11.3 Å². The summed E-state index contributed by atoms with van der Waals surface area (Å²) < 4.78 is 0. The highest BCUT2D eigenvalue weighted by molar-refractivity contribution is 5.97. The average Bonchev–Trinajstić information content (AvgIpc) is 2.15. The van der Waals surface area contributed by atoms with Crippen molar-refractivity contribution in [1.82, 2.24) is 4.90 Å². The first-order chi connectivity index (χ1) is 7.73. The lowest BCUT2D eigenvalue weighted by Crippen LogP contribution is -2.46. The van der Waals surface area contributed by atoms with Crippen molar-refractivity contribution in [2.45, 2.75) is 34.1 Å². The summed E-state index contributed by atoms with van der Waals surface area (Å²) in [5.41, 5.74) is 0.704. The number of carbonyl (C=O) groups is 2. The number of carboxylic acids is 1. The van der Waals surface area contributed by atoms with Gasteiger partial charge in [0.1, 0.15) is 5.92 Å². The van der Waals surface area contributed by atoms with Crippen LogP contribution in [0.5, 0.6) is 0 Å². The van der Waals surface area contributed by atoms with E-state index in [1.54, 1.807) is 25.7 Å². The Kier molecular flexibility index (Phi) is 3.96. The minimum Gasteiger partial charge on any atom is -0.481 e. The molecule has 1 unspecified atom stereocenters. The molecule has 1 amide bonds. The normalized spacial score (nSPS) is 18.6. The van der Waals surface area contributed by atoms with Crippen molar-refractivity contribution >= 4 is 11.9 Å². The number of nitrogens with zero attached hydrogens (tertiary/aromatic N) is 1. The van der Waals surface area contributed by atoms with Crippen molar-refractivity contribution in [1.29, 1.82) is 0 Å². The maximum absolute atomic E-state index is 12.2. The monoisotopic (exact) mass is 239 g/mol. The molecule has 0 spiro atoms. The van der Waals surface area contributed by atoms with Gasteiger partial charge in [-0.25, -0.2) is 0 Å². The van der Waals surface area contributed by atoms with Crippen LogP contribution in [-0.4, -0.2) is 35.0 Å². The summed E-state index contributed by atoms with van der Waals surface area (Å²) >= 11 is 0. The van der Waals surface area contributed by atoms with Crippen LogP contribution in [0.3, 0.4) is 0 Å². The molecule has 0 saturated carbocycles. The molecule has 1 aliphatic heterocycles. The van der Waals surface area contributed by atoms with Crippen LogP contribution in [0.4, 0.5) is 0 Å². The van der Waals surface area contributed by atoms with Gasteiger partial charge >= 0.3 is 5.97 Å². The predicted octanol–water partition coefficient (Wildman–Crippen LogP) is 1.91. The van der Waals surface area contributed by atoms with E-state index in [1.807, 2.05) is 13.0 Å². The van der Waals surface area contributed by atoms with Gasteiger partial charge < -0.3 is 10.0 Å². The number of carbonyl (C=O) groups excluding carboxylic acids is 1.